The Bertz CT molecular complexity index is 529. The fourth-order valence-corrected chi connectivity index (χ4v) is 3.44. The van der Waals surface area contributed by atoms with Crippen LogP contribution >= 0.6 is 0 Å². The fourth-order valence-electron chi connectivity index (χ4n) is 3.44. The number of β-amino-alcohol motifs (C(OH)–C–C–N with tert-alkyl or cyclic N) is 1. The van der Waals surface area contributed by atoms with Gasteiger partial charge in [-0.15, -0.1) is 0 Å². The molecule has 0 unspecified atom stereocenters. The number of fused-ring (bicyclic) bond motifs is 1. The number of amides is 1. The third-order valence-corrected chi connectivity index (χ3v) is 4.58. The van der Waals surface area contributed by atoms with Crippen LogP contribution in [0.4, 0.5) is 0 Å². The first kappa shape index (κ1) is 13.6. The Morgan fingerprint density at radius 1 is 1.30 bits per heavy atom. The second-order valence-electron chi connectivity index (χ2n) is 6.17. The van der Waals surface area contributed by atoms with Crippen LogP contribution in [0.1, 0.15) is 36.0 Å². The summed E-state index contributed by atoms with van der Waals surface area (Å²) in [5.74, 6) is -0.601. The molecule has 4 nitrogen and oxygen atoms in total. The second kappa shape index (κ2) is 5.19. The van der Waals surface area contributed by atoms with Crippen molar-refractivity contribution in [3.63, 3.8) is 0 Å². The van der Waals surface area contributed by atoms with Gasteiger partial charge in [0.15, 0.2) is 5.60 Å². The average molecular weight is 274 g/mol. The van der Waals surface area contributed by atoms with E-state index in [2.05, 4.69) is 23.1 Å². The third kappa shape index (κ3) is 2.58. The first-order valence-corrected chi connectivity index (χ1v) is 7.42. The van der Waals surface area contributed by atoms with Crippen molar-refractivity contribution in [3.05, 3.63) is 34.9 Å². The number of primary amides is 1. The van der Waals surface area contributed by atoms with E-state index in [4.69, 9.17) is 5.73 Å². The van der Waals surface area contributed by atoms with Crippen molar-refractivity contribution in [2.75, 3.05) is 13.1 Å². The number of hydrogen-bond acceptors (Lipinski definition) is 3. The van der Waals surface area contributed by atoms with Gasteiger partial charge in [-0.1, -0.05) is 18.2 Å². The maximum Gasteiger partial charge on any atom is 0.250 e. The number of hydrogen-bond donors (Lipinski definition) is 2. The minimum atomic E-state index is -1.35. The van der Waals surface area contributed by atoms with E-state index in [1.54, 1.807) is 0 Å². The summed E-state index contributed by atoms with van der Waals surface area (Å²) in [6.45, 7) is 2.04. The number of likely N-dealkylation sites (tertiary alicyclic amines) is 1. The zero-order chi connectivity index (χ0) is 14.2. The fraction of sp³-hybridized carbons (Fsp3) is 0.562. The van der Waals surface area contributed by atoms with Crippen molar-refractivity contribution >= 4 is 5.91 Å². The molecule has 1 aliphatic heterocycles. The van der Waals surface area contributed by atoms with Gasteiger partial charge in [-0.3, -0.25) is 9.69 Å². The van der Waals surface area contributed by atoms with Gasteiger partial charge in [0.05, 0.1) is 0 Å². The van der Waals surface area contributed by atoms with Crippen LogP contribution in [0.25, 0.3) is 0 Å². The smallest absolute Gasteiger partial charge is 0.250 e. The lowest BCUT2D eigenvalue weighted by Crippen LogP contribution is -2.55. The Morgan fingerprint density at radius 3 is 2.90 bits per heavy atom. The molecule has 3 rings (SSSR count). The molecule has 1 saturated heterocycles. The highest BCUT2D eigenvalue weighted by Crippen LogP contribution is 2.25. The van der Waals surface area contributed by atoms with Gasteiger partial charge in [0.1, 0.15) is 0 Å². The van der Waals surface area contributed by atoms with E-state index in [1.165, 1.54) is 36.0 Å². The molecule has 0 aromatic heterocycles. The number of nitrogens with zero attached hydrogens (tertiary/aromatic N) is 1. The summed E-state index contributed by atoms with van der Waals surface area (Å²) in [4.78, 5) is 13.5. The van der Waals surface area contributed by atoms with Crippen LogP contribution in [0.2, 0.25) is 0 Å². The number of piperidine rings is 1. The van der Waals surface area contributed by atoms with Gasteiger partial charge in [0.2, 0.25) is 0 Å². The summed E-state index contributed by atoms with van der Waals surface area (Å²) in [7, 11) is 0. The number of aryl methyl sites for hydroxylation is 2. The highest BCUT2D eigenvalue weighted by Gasteiger charge is 2.38. The Morgan fingerprint density at radius 2 is 2.10 bits per heavy atom. The number of benzene rings is 1. The molecule has 0 radical (unpaired) electrons. The molecule has 0 saturated carbocycles. The topological polar surface area (TPSA) is 66.6 Å². The normalized spacial score (nSPS) is 26.4. The molecule has 0 bridgehead atoms. The number of carbonyl (C=O) groups excluding carboxylic acids is 1. The predicted molar refractivity (Wildman–Crippen MR) is 77.1 cm³/mol. The minimum absolute atomic E-state index is 0.347. The van der Waals surface area contributed by atoms with E-state index in [-0.39, 0.29) is 0 Å². The minimum Gasteiger partial charge on any atom is -0.379 e. The number of rotatable bonds is 3. The van der Waals surface area contributed by atoms with Gasteiger partial charge in [-0.2, -0.15) is 0 Å². The summed E-state index contributed by atoms with van der Waals surface area (Å²) in [5.41, 5.74) is 8.16. The molecule has 1 aromatic carbocycles. The average Bonchev–Trinajstić information content (AvgIpc) is 2.86. The quantitative estimate of drug-likeness (QED) is 0.863. The monoisotopic (exact) mass is 274 g/mol. The van der Waals surface area contributed by atoms with Gasteiger partial charge in [-0.05, 0) is 55.3 Å². The van der Waals surface area contributed by atoms with Gasteiger partial charge >= 0.3 is 0 Å². The maximum absolute atomic E-state index is 11.4. The number of aliphatic hydroxyl groups is 1. The van der Waals surface area contributed by atoms with Crippen molar-refractivity contribution in [3.8, 4) is 0 Å². The molecule has 20 heavy (non-hydrogen) atoms. The van der Waals surface area contributed by atoms with Crippen LogP contribution in [0.5, 0.6) is 0 Å². The van der Waals surface area contributed by atoms with Crippen LogP contribution in [0.15, 0.2) is 18.2 Å². The van der Waals surface area contributed by atoms with E-state index in [1.807, 2.05) is 0 Å². The molecule has 1 heterocycles. The van der Waals surface area contributed by atoms with E-state index in [0.29, 0.717) is 13.0 Å². The Balaban J connectivity index is 1.70. The maximum atomic E-state index is 11.4. The van der Waals surface area contributed by atoms with Crippen LogP contribution < -0.4 is 5.73 Å². The van der Waals surface area contributed by atoms with Crippen LogP contribution in [-0.2, 0) is 24.2 Å². The Hall–Kier alpha value is -1.39. The molecule has 3 N–H and O–H groups in total. The molecule has 1 aliphatic carbocycles. The van der Waals surface area contributed by atoms with Crippen molar-refractivity contribution in [1.29, 1.82) is 0 Å². The number of nitrogens with two attached hydrogens (primary N) is 1. The SMILES string of the molecule is NC(=O)[C@]1(O)CCCN(Cc2ccc3c(c2)CCC3)C1. The first-order chi connectivity index (χ1) is 9.57. The molecule has 4 heteroatoms. The molecule has 2 aliphatic rings. The highest BCUT2D eigenvalue weighted by molar-refractivity contribution is 5.83. The molecule has 1 atom stereocenters. The molecule has 0 spiro atoms. The summed E-state index contributed by atoms with van der Waals surface area (Å²) in [5, 5.41) is 10.2. The van der Waals surface area contributed by atoms with Crippen molar-refractivity contribution in [2.24, 2.45) is 5.73 Å². The zero-order valence-electron chi connectivity index (χ0n) is 11.8. The summed E-state index contributed by atoms with van der Waals surface area (Å²) in [6, 6.07) is 6.67. The lowest BCUT2D eigenvalue weighted by Gasteiger charge is -2.37. The second-order valence-corrected chi connectivity index (χ2v) is 6.17. The summed E-state index contributed by atoms with van der Waals surface area (Å²) < 4.78 is 0. The van der Waals surface area contributed by atoms with Crippen LogP contribution in [0.3, 0.4) is 0 Å². The van der Waals surface area contributed by atoms with Gasteiger partial charge in [0, 0.05) is 13.1 Å². The van der Waals surface area contributed by atoms with E-state index >= 15 is 0 Å². The summed E-state index contributed by atoms with van der Waals surface area (Å²) in [6.07, 6.45) is 4.91. The van der Waals surface area contributed by atoms with Crippen molar-refractivity contribution < 1.29 is 9.90 Å². The molecule has 1 amide bonds. The van der Waals surface area contributed by atoms with E-state index < -0.39 is 11.5 Å². The highest BCUT2D eigenvalue weighted by atomic mass is 16.3. The lowest BCUT2D eigenvalue weighted by molar-refractivity contribution is -0.142. The molecule has 108 valence electrons. The van der Waals surface area contributed by atoms with E-state index in [0.717, 1.165) is 19.5 Å². The van der Waals surface area contributed by atoms with Gasteiger partial charge < -0.3 is 10.8 Å². The van der Waals surface area contributed by atoms with Crippen LogP contribution in [0, 0.1) is 0 Å². The number of carbonyl (C=O) groups is 1. The molecule has 1 fully saturated rings. The first-order valence-electron chi connectivity index (χ1n) is 7.42. The third-order valence-electron chi connectivity index (χ3n) is 4.58. The van der Waals surface area contributed by atoms with Gasteiger partial charge in [-0.25, -0.2) is 0 Å². The molecular weight excluding hydrogens is 252 g/mol. The standard InChI is InChI=1S/C16H22N2O2/c17-15(19)16(20)7-2-8-18(11-16)10-12-5-6-13-3-1-4-14(13)9-12/h5-6,9,20H,1-4,7-8,10-11H2,(H2,17,19)/t16-/m0/s1. The molecular formula is C16H22N2O2. The summed E-state index contributed by atoms with van der Waals surface area (Å²) >= 11 is 0. The Kier molecular flexibility index (Phi) is 3.52. The molecule has 1 aromatic rings. The van der Waals surface area contributed by atoms with Crippen molar-refractivity contribution in [1.82, 2.24) is 4.90 Å². The van der Waals surface area contributed by atoms with Crippen molar-refractivity contribution in [2.45, 2.75) is 44.2 Å². The van der Waals surface area contributed by atoms with Gasteiger partial charge in [0.25, 0.3) is 5.91 Å². The zero-order valence-corrected chi connectivity index (χ0v) is 11.8. The lowest BCUT2D eigenvalue weighted by atomic mass is 9.92. The van der Waals surface area contributed by atoms with E-state index in [9.17, 15) is 9.90 Å². The van der Waals surface area contributed by atoms with Crippen LogP contribution in [-0.4, -0.2) is 34.6 Å². The largest absolute Gasteiger partial charge is 0.379 e. The predicted octanol–water partition coefficient (Wildman–Crippen LogP) is 0.987. The Labute approximate surface area is 119 Å².